The molecule has 110 valence electrons. The summed E-state index contributed by atoms with van der Waals surface area (Å²) >= 11 is 9.34. The van der Waals surface area contributed by atoms with Gasteiger partial charge in [0.2, 0.25) is 0 Å². The van der Waals surface area contributed by atoms with Gasteiger partial charge in [-0.1, -0.05) is 11.6 Å². The highest BCUT2D eigenvalue weighted by Crippen LogP contribution is 2.38. The van der Waals surface area contributed by atoms with Crippen molar-refractivity contribution >= 4 is 39.1 Å². The van der Waals surface area contributed by atoms with Crippen LogP contribution in [0.15, 0.2) is 33.5 Å². The molecule has 1 aliphatic heterocycles. The number of nitrogens with one attached hydrogen (secondary N) is 1. The molecule has 0 radical (unpaired) electrons. The third kappa shape index (κ3) is 3.01. The molecule has 1 aromatic heterocycles. The van der Waals surface area contributed by atoms with Crippen molar-refractivity contribution in [1.82, 2.24) is 0 Å². The minimum atomic E-state index is -0.327. The van der Waals surface area contributed by atoms with Gasteiger partial charge >= 0.3 is 0 Å². The number of hydrogen-bond acceptors (Lipinski definition) is 4. The van der Waals surface area contributed by atoms with Gasteiger partial charge in [-0.15, -0.1) is 0 Å². The fraction of sp³-hybridized carbons (Fsp3) is 0.214. The normalized spacial score (nSPS) is 13.6. The quantitative estimate of drug-likeness (QED) is 0.862. The zero-order valence-corrected chi connectivity index (χ0v) is 13.2. The van der Waals surface area contributed by atoms with E-state index in [1.807, 2.05) is 0 Å². The van der Waals surface area contributed by atoms with E-state index in [0.29, 0.717) is 45.7 Å². The van der Waals surface area contributed by atoms with Crippen molar-refractivity contribution in [2.75, 3.05) is 18.5 Å². The summed E-state index contributed by atoms with van der Waals surface area (Å²) in [6.07, 6.45) is 2.23. The third-order valence-corrected chi connectivity index (χ3v) is 3.87. The summed E-state index contributed by atoms with van der Waals surface area (Å²) in [5, 5.41) is 3.11. The summed E-state index contributed by atoms with van der Waals surface area (Å²) in [6.45, 7) is 1.15. The maximum Gasteiger partial charge on any atom is 0.260 e. The van der Waals surface area contributed by atoms with Gasteiger partial charge in [0.1, 0.15) is 0 Å². The molecule has 5 nitrogen and oxygen atoms in total. The van der Waals surface area contributed by atoms with Crippen LogP contribution >= 0.6 is 27.5 Å². The van der Waals surface area contributed by atoms with Crippen LogP contribution < -0.4 is 14.8 Å². The molecular weight excluding hydrogens is 362 g/mol. The monoisotopic (exact) mass is 371 g/mol. The summed E-state index contributed by atoms with van der Waals surface area (Å²) in [4.78, 5) is 12.2. The van der Waals surface area contributed by atoms with Crippen molar-refractivity contribution in [3.63, 3.8) is 0 Å². The van der Waals surface area contributed by atoms with Crippen LogP contribution in [-0.2, 0) is 0 Å². The Morgan fingerprint density at radius 1 is 1.24 bits per heavy atom. The SMILES string of the molecule is O=C(Nc1cc2c(cc1Cl)OCCCO2)c1ccoc1Br. The number of hydrogen-bond donors (Lipinski definition) is 1. The van der Waals surface area contributed by atoms with Crippen molar-refractivity contribution in [2.45, 2.75) is 6.42 Å². The lowest BCUT2D eigenvalue weighted by Gasteiger charge is -2.12. The maximum atomic E-state index is 12.2. The van der Waals surface area contributed by atoms with Gasteiger partial charge in [0.25, 0.3) is 5.91 Å². The number of carbonyl (C=O) groups excluding carboxylic acids is 1. The first-order valence-electron chi connectivity index (χ1n) is 6.28. The van der Waals surface area contributed by atoms with Gasteiger partial charge in [-0.2, -0.15) is 0 Å². The highest BCUT2D eigenvalue weighted by atomic mass is 79.9. The lowest BCUT2D eigenvalue weighted by molar-refractivity contribution is 0.102. The summed E-state index contributed by atoms with van der Waals surface area (Å²) < 4.78 is 16.5. The molecule has 1 aliphatic rings. The Labute approximate surface area is 134 Å². The van der Waals surface area contributed by atoms with E-state index in [4.69, 9.17) is 25.5 Å². The predicted molar refractivity (Wildman–Crippen MR) is 81.4 cm³/mol. The van der Waals surface area contributed by atoms with E-state index in [1.54, 1.807) is 18.2 Å². The summed E-state index contributed by atoms with van der Waals surface area (Å²) in [7, 11) is 0. The zero-order chi connectivity index (χ0) is 14.8. The molecule has 3 rings (SSSR count). The number of ether oxygens (including phenoxy) is 2. The molecule has 7 heteroatoms. The Bertz CT molecular complexity index is 686. The molecule has 0 saturated carbocycles. The van der Waals surface area contributed by atoms with Gasteiger partial charge in [-0.05, 0) is 22.0 Å². The van der Waals surface area contributed by atoms with Crippen LogP contribution in [0.5, 0.6) is 11.5 Å². The Balaban J connectivity index is 1.87. The average molecular weight is 373 g/mol. The number of benzene rings is 1. The fourth-order valence-corrected chi connectivity index (χ4v) is 2.55. The minimum absolute atomic E-state index is 0.327. The molecule has 21 heavy (non-hydrogen) atoms. The summed E-state index contributed by atoms with van der Waals surface area (Å²) in [5.41, 5.74) is 0.845. The van der Waals surface area contributed by atoms with Crippen LogP contribution in [-0.4, -0.2) is 19.1 Å². The number of amides is 1. The van der Waals surface area contributed by atoms with Crippen LogP contribution in [0.1, 0.15) is 16.8 Å². The van der Waals surface area contributed by atoms with Crippen molar-refractivity contribution < 1.29 is 18.7 Å². The van der Waals surface area contributed by atoms with E-state index < -0.39 is 0 Å². The molecule has 0 unspecified atom stereocenters. The van der Waals surface area contributed by atoms with E-state index >= 15 is 0 Å². The first-order valence-corrected chi connectivity index (χ1v) is 7.46. The summed E-state index contributed by atoms with van der Waals surface area (Å²) in [5.74, 6) is 0.825. The molecule has 1 N–H and O–H groups in total. The maximum absolute atomic E-state index is 12.2. The van der Waals surface area contributed by atoms with E-state index in [-0.39, 0.29) is 5.91 Å². The van der Waals surface area contributed by atoms with Crippen LogP contribution in [0.4, 0.5) is 5.69 Å². The molecular formula is C14H11BrClNO4. The molecule has 0 spiro atoms. The predicted octanol–water partition coefficient (Wildman–Crippen LogP) is 4.11. The first kappa shape index (κ1) is 14.3. The van der Waals surface area contributed by atoms with Crippen LogP contribution in [0, 0.1) is 0 Å². The molecule has 0 aliphatic carbocycles. The highest BCUT2D eigenvalue weighted by molar-refractivity contribution is 9.10. The zero-order valence-electron chi connectivity index (χ0n) is 10.8. The summed E-state index contributed by atoms with van der Waals surface area (Å²) in [6, 6.07) is 4.87. The molecule has 0 atom stereocenters. The highest BCUT2D eigenvalue weighted by Gasteiger charge is 2.18. The molecule has 0 fully saturated rings. The van der Waals surface area contributed by atoms with Crippen molar-refractivity contribution in [2.24, 2.45) is 0 Å². The molecule has 2 heterocycles. The second kappa shape index (κ2) is 5.99. The Hall–Kier alpha value is -1.66. The van der Waals surface area contributed by atoms with Gasteiger partial charge < -0.3 is 19.2 Å². The Morgan fingerprint density at radius 3 is 2.62 bits per heavy atom. The molecule has 2 aromatic rings. The van der Waals surface area contributed by atoms with E-state index in [1.165, 1.54) is 6.26 Å². The first-order chi connectivity index (χ1) is 10.1. The van der Waals surface area contributed by atoms with Crippen LogP contribution in [0.2, 0.25) is 5.02 Å². The molecule has 0 saturated heterocycles. The van der Waals surface area contributed by atoms with Crippen LogP contribution in [0.3, 0.4) is 0 Å². The molecule has 1 aromatic carbocycles. The van der Waals surface area contributed by atoms with Gasteiger partial charge in [0, 0.05) is 18.6 Å². The second-order valence-electron chi connectivity index (χ2n) is 4.39. The molecule has 1 amide bonds. The largest absolute Gasteiger partial charge is 0.490 e. The second-order valence-corrected chi connectivity index (χ2v) is 5.52. The standard InChI is InChI=1S/C14H11BrClNO4/c15-13-8(2-5-21-13)14(18)17-10-7-12-11(6-9(10)16)19-3-1-4-20-12/h2,5-7H,1,3-4H2,(H,17,18). The number of carbonyl (C=O) groups is 1. The Morgan fingerprint density at radius 2 is 1.95 bits per heavy atom. The van der Waals surface area contributed by atoms with Crippen molar-refractivity contribution in [3.05, 3.63) is 39.7 Å². The fourth-order valence-electron chi connectivity index (χ4n) is 1.93. The van der Waals surface area contributed by atoms with E-state index in [0.717, 1.165) is 6.42 Å². The number of fused-ring (bicyclic) bond motifs is 1. The smallest absolute Gasteiger partial charge is 0.260 e. The number of rotatable bonds is 2. The molecule has 0 bridgehead atoms. The number of furan rings is 1. The number of halogens is 2. The number of anilines is 1. The van der Waals surface area contributed by atoms with Crippen LogP contribution in [0.25, 0.3) is 0 Å². The average Bonchev–Trinajstić information content (AvgIpc) is 2.75. The van der Waals surface area contributed by atoms with Gasteiger partial charge in [-0.3, -0.25) is 4.79 Å². The topological polar surface area (TPSA) is 60.7 Å². The Kier molecular flexibility index (Phi) is 4.07. The van der Waals surface area contributed by atoms with Crippen molar-refractivity contribution in [3.8, 4) is 11.5 Å². The lowest BCUT2D eigenvalue weighted by atomic mass is 10.2. The van der Waals surface area contributed by atoms with E-state index in [2.05, 4.69) is 21.2 Å². The lowest BCUT2D eigenvalue weighted by Crippen LogP contribution is -2.12. The van der Waals surface area contributed by atoms with Crippen molar-refractivity contribution in [1.29, 1.82) is 0 Å². The third-order valence-electron chi connectivity index (χ3n) is 2.95. The van der Waals surface area contributed by atoms with E-state index in [9.17, 15) is 4.79 Å². The van der Waals surface area contributed by atoms with Gasteiger partial charge in [0.15, 0.2) is 16.2 Å². The van der Waals surface area contributed by atoms with Gasteiger partial charge in [0.05, 0.1) is 35.8 Å². The van der Waals surface area contributed by atoms with Gasteiger partial charge in [-0.25, -0.2) is 0 Å². The minimum Gasteiger partial charge on any atom is -0.490 e.